The van der Waals surface area contributed by atoms with Gasteiger partial charge in [-0.25, -0.2) is 19.7 Å². The molecule has 7 heteroatoms. The minimum absolute atomic E-state index is 0.00538. The lowest BCUT2D eigenvalue weighted by Crippen LogP contribution is -2.22. The van der Waals surface area contributed by atoms with Crippen LogP contribution in [0.3, 0.4) is 0 Å². The molecule has 7 nitrogen and oxygen atoms in total. The molecule has 0 atom stereocenters. The number of carboxylic acid groups (broad SMARTS) is 1. The number of carbonyl (C=O) groups is 1. The van der Waals surface area contributed by atoms with Gasteiger partial charge in [-0.3, -0.25) is 0 Å². The molecule has 0 fully saturated rings. The van der Waals surface area contributed by atoms with Crippen LogP contribution in [0.4, 0.5) is 5.95 Å². The monoisotopic (exact) mass is 261 g/mol. The fraction of sp³-hybridized carbons (Fsp3) is 0.333. The summed E-state index contributed by atoms with van der Waals surface area (Å²) >= 11 is 0. The Bertz CT molecular complexity index is 608. The van der Waals surface area contributed by atoms with Gasteiger partial charge in [-0.15, -0.1) is 0 Å². The van der Waals surface area contributed by atoms with E-state index in [1.54, 1.807) is 25.1 Å². The predicted molar refractivity (Wildman–Crippen MR) is 69.0 cm³/mol. The minimum atomic E-state index is -1.06. The van der Waals surface area contributed by atoms with Crippen molar-refractivity contribution in [2.75, 3.05) is 11.9 Å². The maximum absolute atomic E-state index is 11.0. The smallest absolute Gasteiger partial charge is 0.354 e. The Hall–Kier alpha value is -2.44. The molecule has 0 aliphatic carbocycles. The summed E-state index contributed by atoms with van der Waals surface area (Å²) in [5, 5.41) is 8.99. The maximum atomic E-state index is 11.0. The van der Waals surface area contributed by atoms with Gasteiger partial charge in [0.15, 0.2) is 5.69 Å². The Morgan fingerprint density at radius 1 is 1.47 bits per heavy atom. The van der Waals surface area contributed by atoms with Crippen LogP contribution in [0.2, 0.25) is 0 Å². The van der Waals surface area contributed by atoms with Gasteiger partial charge in [0.25, 0.3) is 0 Å². The van der Waals surface area contributed by atoms with Gasteiger partial charge in [-0.05, 0) is 13.0 Å². The third-order valence-electron chi connectivity index (χ3n) is 2.70. The Balaban J connectivity index is 2.26. The fourth-order valence-electron chi connectivity index (χ4n) is 1.66. The molecule has 100 valence electrons. The molecule has 0 radical (unpaired) electrons. The Labute approximate surface area is 110 Å². The topological polar surface area (TPSA) is 84.1 Å². The molecule has 2 rings (SSSR count). The summed E-state index contributed by atoms with van der Waals surface area (Å²) in [6.45, 7) is 2.25. The lowest BCUT2D eigenvalue weighted by atomic mass is 10.3. The molecule has 0 bridgehead atoms. The molecule has 19 heavy (non-hydrogen) atoms. The van der Waals surface area contributed by atoms with E-state index in [2.05, 4.69) is 15.0 Å². The van der Waals surface area contributed by atoms with Crippen LogP contribution in [-0.4, -0.2) is 37.6 Å². The number of aromatic nitrogens is 4. The zero-order valence-corrected chi connectivity index (χ0v) is 11.0. The standard InChI is InChI=1S/C12H15N5O2/c1-8-6-9(11(18)19)15-12(14-8)17(3)7-10-13-4-5-16(10)2/h4-6H,7H2,1-3H3,(H,18,19). The first-order valence-corrected chi connectivity index (χ1v) is 5.73. The molecule has 2 heterocycles. The summed E-state index contributed by atoms with van der Waals surface area (Å²) in [7, 11) is 3.70. The van der Waals surface area contributed by atoms with Crippen molar-refractivity contribution in [3.8, 4) is 0 Å². The Morgan fingerprint density at radius 3 is 2.79 bits per heavy atom. The van der Waals surface area contributed by atoms with E-state index < -0.39 is 5.97 Å². The van der Waals surface area contributed by atoms with Crippen LogP contribution in [0.1, 0.15) is 22.0 Å². The molecular formula is C12H15N5O2. The van der Waals surface area contributed by atoms with Gasteiger partial charge in [0, 0.05) is 32.2 Å². The lowest BCUT2D eigenvalue weighted by molar-refractivity contribution is 0.0690. The molecule has 0 saturated heterocycles. The number of anilines is 1. The number of imidazole rings is 1. The lowest BCUT2D eigenvalue weighted by Gasteiger charge is -2.17. The summed E-state index contributed by atoms with van der Waals surface area (Å²) < 4.78 is 1.89. The van der Waals surface area contributed by atoms with Crippen molar-refractivity contribution in [3.63, 3.8) is 0 Å². The van der Waals surface area contributed by atoms with Crippen LogP contribution >= 0.6 is 0 Å². The molecule has 0 unspecified atom stereocenters. The number of hydrogen-bond donors (Lipinski definition) is 1. The third-order valence-corrected chi connectivity index (χ3v) is 2.70. The zero-order valence-electron chi connectivity index (χ0n) is 11.0. The normalized spacial score (nSPS) is 10.5. The zero-order chi connectivity index (χ0) is 14.0. The fourth-order valence-corrected chi connectivity index (χ4v) is 1.66. The van der Waals surface area contributed by atoms with Crippen molar-refractivity contribution in [2.24, 2.45) is 7.05 Å². The number of aryl methyl sites for hydroxylation is 2. The summed E-state index contributed by atoms with van der Waals surface area (Å²) in [5.74, 6) is 0.169. The first-order chi connectivity index (χ1) is 8.97. The summed E-state index contributed by atoms with van der Waals surface area (Å²) in [6.07, 6.45) is 3.56. The van der Waals surface area contributed by atoms with E-state index in [1.807, 2.05) is 17.8 Å². The molecule has 0 aliphatic heterocycles. The molecule has 2 aromatic heterocycles. The van der Waals surface area contributed by atoms with Crippen molar-refractivity contribution in [2.45, 2.75) is 13.5 Å². The minimum Gasteiger partial charge on any atom is -0.477 e. The van der Waals surface area contributed by atoms with Gasteiger partial charge in [0.1, 0.15) is 5.82 Å². The van der Waals surface area contributed by atoms with Gasteiger partial charge in [0.05, 0.1) is 6.54 Å². The molecule has 0 spiro atoms. The SMILES string of the molecule is Cc1cc(C(=O)O)nc(N(C)Cc2nccn2C)n1. The Morgan fingerprint density at radius 2 is 2.21 bits per heavy atom. The molecule has 0 aliphatic rings. The van der Waals surface area contributed by atoms with Crippen molar-refractivity contribution >= 4 is 11.9 Å². The molecule has 0 amide bonds. The van der Waals surface area contributed by atoms with E-state index >= 15 is 0 Å². The molecule has 1 N–H and O–H groups in total. The van der Waals surface area contributed by atoms with Crippen LogP contribution in [0.25, 0.3) is 0 Å². The highest BCUT2D eigenvalue weighted by Gasteiger charge is 2.13. The van der Waals surface area contributed by atoms with Crippen LogP contribution in [0.15, 0.2) is 18.5 Å². The first-order valence-electron chi connectivity index (χ1n) is 5.73. The van der Waals surface area contributed by atoms with E-state index in [0.29, 0.717) is 18.2 Å². The molecule has 2 aromatic rings. The first kappa shape index (κ1) is 13.0. The number of aromatic carboxylic acids is 1. The highest BCUT2D eigenvalue weighted by molar-refractivity contribution is 5.85. The maximum Gasteiger partial charge on any atom is 0.354 e. The second-order valence-corrected chi connectivity index (χ2v) is 4.31. The van der Waals surface area contributed by atoms with E-state index in [1.165, 1.54) is 6.07 Å². The van der Waals surface area contributed by atoms with E-state index in [9.17, 15) is 4.79 Å². The van der Waals surface area contributed by atoms with Gasteiger partial charge in [-0.1, -0.05) is 0 Å². The van der Waals surface area contributed by atoms with Crippen molar-refractivity contribution < 1.29 is 9.90 Å². The third kappa shape index (κ3) is 2.87. The van der Waals surface area contributed by atoms with E-state index in [0.717, 1.165) is 5.82 Å². The second kappa shape index (κ2) is 5.05. The second-order valence-electron chi connectivity index (χ2n) is 4.31. The number of nitrogens with zero attached hydrogens (tertiary/aromatic N) is 5. The van der Waals surface area contributed by atoms with Crippen molar-refractivity contribution in [3.05, 3.63) is 35.7 Å². The molecular weight excluding hydrogens is 246 g/mol. The predicted octanol–water partition coefficient (Wildman–Crippen LogP) is 0.853. The van der Waals surface area contributed by atoms with Crippen LogP contribution in [0, 0.1) is 6.92 Å². The van der Waals surface area contributed by atoms with Crippen molar-refractivity contribution in [1.29, 1.82) is 0 Å². The highest BCUT2D eigenvalue weighted by Crippen LogP contribution is 2.11. The van der Waals surface area contributed by atoms with E-state index in [4.69, 9.17) is 5.11 Å². The summed E-state index contributed by atoms with van der Waals surface area (Å²) in [4.78, 5) is 25.2. The highest BCUT2D eigenvalue weighted by atomic mass is 16.4. The number of rotatable bonds is 4. The quantitative estimate of drug-likeness (QED) is 0.878. The largest absolute Gasteiger partial charge is 0.477 e. The number of carboxylic acids is 1. The summed E-state index contributed by atoms with van der Waals surface area (Å²) in [5.41, 5.74) is 0.614. The Kier molecular flexibility index (Phi) is 3.46. The van der Waals surface area contributed by atoms with Gasteiger partial charge in [-0.2, -0.15) is 0 Å². The van der Waals surface area contributed by atoms with Crippen LogP contribution in [-0.2, 0) is 13.6 Å². The molecule has 0 aromatic carbocycles. The van der Waals surface area contributed by atoms with Gasteiger partial charge in [0.2, 0.25) is 5.95 Å². The van der Waals surface area contributed by atoms with Gasteiger partial charge < -0.3 is 14.6 Å². The average molecular weight is 261 g/mol. The van der Waals surface area contributed by atoms with Crippen molar-refractivity contribution in [1.82, 2.24) is 19.5 Å². The van der Waals surface area contributed by atoms with E-state index in [-0.39, 0.29) is 5.69 Å². The van der Waals surface area contributed by atoms with Crippen LogP contribution in [0.5, 0.6) is 0 Å². The van der Waals surface area contributed by atoms with Gasteiger partial charge >= 0.3 is 5.97 Å². The number of hydrogen-bond acceptors (Lipinski definition) is 5. The van der Waals surface area contributed by atoms with Crippen LogP contribution < -0.4 is 4.90 Å². The molecule has 0 saturated carbocycles. The average Bonchev–Trinajstić information content (AvgIpc) is 2.74. The summed E-state index contributed by atoms with van der Waals surface area (Å²) in [6, 6.07) is 1.44.